The standard InChI is InChI=1S/C10H21N3O/c1-8(2)13(6)10(14)7-9(11-3)12(4)5/h8H,7H2,1-6H3. The summed E-state index contributed by atoms with van der Waals surface area (Å²) in [6, 6.07) is 0.239. The van der Waals surface area contributed by atoms with Crippen LogP contribution < -0.4 is 0 Å². The summed E-state index contributed by atoms with van der Waals surface area (Å²) >= 11 is 0. The summed E-state index contributed by atoms with van der Waals surface area (Å²) in [6.07, 6.45) is 0.373. The number of hydrogen-bond acceptors (Lipinski definition) is 2. The van der Waals surface area contributed by atoms with Gasteiger partial charge < -0.3 is 9.80 Å². The molecule has 0 aromatic heterocycles. The van der Waals surface area contributed by atoms with Crippen molar-refractivity contribution in [1.29, 1.82) is 0 Å². The van der Waals surface area contributed by atoms with E-state index in [4.69, 9.17) is 0 Å². The summed E-state index contributed by atoms with van der Waals surface area (Å²) in [5.74, 6) is 0.914. The second-order valence-corrected chi connectivity index (χ2v) is 3.81. The number of amides is 1. The van der Waals surface area contributed by atoms with E-state index in [1.54, 1.807) is 11.9 Å². The number of rotatable bonds is 3. The van der Waals surface area contributed by atoms with Crippen molar-refractivity contribution < 1.29 is 4.79 Å². The third-order valence-corrected chi connectivity index (χ3v) is 2.25. The van der Waals surface area contributed by atoms with E-state index >= 15 is 0 Å². The van der Waals surface area contributed by atoms with Gasteiger partial charge >= 0.3 is 0 Å². The van der Waals surface area contributed by atoms with E-state index in [-0.39, 0.29) is 11.9 Å². The molecule has 0 rings (SSSR count). The molecule has 0 aliphatic heterocycles. The van der Waals surface area contributed by atoms with Crippen LogP contribution in [0.2, 0.25) is 0 Å². The molecule has 14 heavy (non-hydrogen) atoms. The summed E-state index contributed by atoms with van der Waals surface area (Å²) in [4.78, 5) is 19.3. The molecule has 0 heterocycles. The van der Waals surface area contributed by atoms with Crippen LogP contribution in [0.4, 0.5) is 0 Å². The molecule has 0 spiro atoms. The second kappa shape index (κ2) is 5.62. The number of amidine groups is 1. The quantitative estimate of drug-likeness (QED) is 0.498. The minimum Gasteiger partial charge on any atom is -0.366 e. The first-order valence-corrected chi connectivity index (χ1v) is 4.78. The Hall–Kier alpha value is -1.06. The molecule has 0 aromatic rings. The molecule has 0 N–H and O–H groups in total. The van der Waals surface area contributed by atoms with Crippen molar-refractivity contribution in [2.45, 2.75) is 26.3 Å². The van der Waals surface area contributed by atoms with Gasteiger partial charge in [-0.2, -0.15) is 0 Å². The lowest BCUT2D eigenvalue weighted by atomic mass is 10.2. The maximum absolute atomic E-state index is 11.7. The molecule has 0 fully saturated rings. The van der Waals surface area contributed by atoms with Crippen molar-refractivity contribution in [2.24, 2.45) is 4.99 Å². The van der Waals surface area contributed by atoms with E-state index in [1.807, 2.05) is 39.9 Å². The van der Waals surface area contributed by atoms with Gasteiger partial charge in [-0.25, -0.2) is 0 Å². The lowest BCUT2D eigenvalue weighted by Gasteiger charge is -2.23. The molecule has 4 heteroatoms. The van der Waals surface area contributed by atoms with Gasteiger partial charge in [0, 0.05) is 34.2 Å². The highest BCUT2D eigenvalue weighted by Crippen LogP contribution is 2.00. The molecule has 0 saturated carbocycles. The Morgan fingerprint density at radius 2 is 1.79 bits per heavy atom. The molecule has 0 unspecified atom stereocenters. The smallest absolute Gasteiger partial charge is 0.230 e. The van der Waals surface area contributed by atoms with Crippen LogP contribution in [0.25, 0.3) is 0 Å². The number of carbonyl (C=O) groups is 1. The van der Waals surface area contributed by atoms with Crippen LogP contribution in [0.5, 0.6) is 0 Å². The van der Waals surface area contributed by atoms with Crippen molar-refractivity contribution in [1.82, 2.24) is 9.80 Å². The minimum absolute atomic E-state index is 0.106. The van der Waals surface area contributed by atoms with E-state index in [0.29, 0.717) is 6.42 Å². The monoisotopic (exact) mass is 199 g/mol. The predicted octanol–water partition coefficient (Wildman–Crippen LogP) is 0.833. The molecule has 1 amide bonds. The van der Waals surface area contributed by atoms with Crippen LogP contribution in [0.1, 0.15) is 20.3 Å². The van der Waals surface area contributed by atoms with Gasteiger partial charge in [0.25, 0.3) is 0 Å². The predicted molar refractivity (Wildman–Crippen MR) is 59.6 cm³/mol. The third kappa shape index (κ3) is 3.77. The molecule has 4 nitrogen and oxygen atoms in total. The lowest BCUT2D eigenvalue weighted by molar-refractivity contribution is -0.130. The van der Waals surface area contributed by atoms with Crippen LogP contribution in [-0.4, -0.2) is 55.8 Å². The third-order valence-electron chi connectivity index (χ3n) is 2.25. The summed E-state index contributed by atoms with van der Waals surface area (Å²) in [6.45, 7) is 3.99. The van der Waals surface area contributed by atoms with E-state index in [2.05, 4.69) is 4.99 Å². The first kappa shape index (κ1) is 12.9. The number of hydrogen-bond donors (Lipinski definition) is 0. The Labute approximate surface area is 86.6 Å². The molecule has 0 bridgehead atoms. The summed E-state index contributed by atoms with van der Waals surface area (Å²) in [5, 5.41) is 0. The fourth-order valence-corrected chi connectivity index (χ4v) is 0.985. The van der Waals surface area contributed by atoms with Gasteiger partial charge in [0.05, 0.1) is 6.42 Å². The fourth-order valence-electron chi connectivity index (χ4n) is 0.985. The number of nitrogens with zero attached hydrogens (tertiary/aromatic N) is 3. The van der Waals surface area contributed by atoms with E-state index in [0.717, 1.165) is 5.84 Å². The molecule has 0 saturated heterocycles. The van der Waals surface area contributed by atoms with Gasteiger partial charge in [0.15, 0.2) is 0 Å². The highest BCUT2D eigenvalue weighted by atomic mass is 16.2. The van der Waals surface area contributed by atoms with Crippen molar-refractivity contribution >= 4 is 11.7 Å². The van der Waals surface area contributed by atoms with E-state index in [1.165, 1.54) is 0 Å². The molecule has 0 radical (unpaired) electrons. The van der Waals surface area contributed by atoms with Crippen LogP contribution >= 0.6 is 0 Å². The molecule has 0 aliphatic rings. The zero-order chi connectivity index (χ0) is 11.3. The Kier molecular flexibility index (Phi) is 5.20. The molecule has 82 valence electrons. The molecule has 0 aliphatic carbocycles. The van der Waals surface area contributed by atoms with Crippen molar-refractivity contribution in [3.63, 3.8) is 0 Å². The first-order valence-electron chi connectivity index (χ1n) is 4.78. The van der Waals surface area contributed by atoms with Crippen LogP contribution in [0.15, 0.2) is 4.99 Å². The molecular weight excluding hydrogens is 178 g/mol. The van der Waals surface area contributed by atoms with Gasteiger partial charge in [-0.3, -0.25) is 9.79 Å². The number of aliphatic imine (C=N–C) groups is 1. The number of carbonyl (C=O) groups excluding carboxylic acids is 1. The van der Waals surface area contributed by atoms with Crippen LogP contribution in [-0.2, 0) is 4.79 Å². The molecule has 0 atom stereocenters. The zero-order valence-corrected chi connectivity index (χ0v) is 10.0. The second-order valence-electron chi connectivity index (χ2n) is 3.81. The lowest BCUT2D eigenvalue weighted by Crippen LogP contribution is -2.36. The van der Waals surface area contributed by atoms with Gasteiger partial charge in [0.2, 0.25) is 5.91 Å². The maximum atomic E-state index is 11.7. The van der Waals surface area contributed by atoms with Gasteiger partial charge in [-0.15, -0.1) is 0 Å². The van der Waals surface area contributed by atoms with Crippen LogP contribution in [0, 0.1) is 0 Å². The van der Waals surface area contributed by atoms with E-state index in [9.17, 15) is 4.79 Å². The average Bonchev–Trinajstić information content (AvgIpc) is 2.11. The first-order chi connectivity index (χ1) is 6.40. The topological polar surface area (TPSA) is 35.9 Å². The Balaban J connectivity index is 4.31. The summed E-state index contributed by atoms with van der Waals surface area (Å²) in [5.41, 5.74) is 0. The minimum atomic E-state index is 0.106. The zero-order valence-electron chi connectivity index (χ0n) is 10.0. The Morgan fingerprint density at radius 1 is 1.29 bits per heavy atom. The molecular formula is C10H21N3O. The average molecular weight is 199 g/mol. The summed E-state index contributed by atoms with van der Waals surface area (Å²) < 4.78 is 0. The fraction of sp³-hybridized carbons (Fsp3) is 0.800. The maximum Gasteiger partial charge on any atom is 0.230 e. The van der Waals surface area contributed by atoms with Gasteiger partial charge in [-0.05, 0) is 13.8 Å². The van der Waals surface area contributed by atoms with Crippen molar-refractivity contribution in [3.8, 4) is 0 Å². The Bertz CT molecular complexity index is 221. The van der Waals surface area contributed by atoms with Crippen molar-refractivity contribution in [2.75, 3.05) is 28.2 Å². The van der Waals surface area contributed by atoms with Crippen molar-refractivity contribution in [3.05, 3.63) is 0 Å². The van der Waals surface area contributed by atoms with E-state index < -0.39 is 0 Å². The van der Waals surface area contributed by atoms with Crippen LogP contribution in [0.3, 0.4) is 0 Å². The Morgan fingerprint density at radius 3 is 2.07 bits per heavy atom. The highest BCUT2D eigenvalue weighted by molar-refractivity contribution is 5.99. The normalized spacial score (nSPS) is 11.8. The SMILES string of the molecule is CN=C(CC(=O)N(C)C(C)C)N(C)C. The van der Waals surface area contributed by atoms with Gasteiger partial charge in [0.1, 0.15) is 5.84 Å². The highest BCUT2D eigenvalue weighted by Gasteiger charge is 2.15. The van der Waals surface area contributed by atoms with Gasteiger partial charge in [-0.1, -0.05) is 0 Å². The summed E-state index contributed by atoms with van der Waals surface area (Å²) in [7, 11) is 7.31. The largest absolute Gasteiger partial charge is 0.366 e. The molecule has 0 aromatic carbocycles.